The second-order valence-corrected chi connectivity index (χ2v) is 5.96. The molecule has 0 aliphatic carbocycles. The number of hydrogen-bond acceptors (Lipinski definition) is 3. The second kappa shape index (κ2) is 8.63. The monoisotopic (exact) mass is 387 g/mol. The van der Waals surface area contributed by atoms with E-state index < -0.39 is 17.7 Å². The molecule has 0 heterocycles. The largest absolute Gasteiger partial charge is 0.398 e. The molecule has 118 valence electrons. The Bertz CT molecular complexity index is 494. The highest BCUT2D eigenvalue weighted by atomic mass is 79.9. The number of benzene rings is 1. The van der Waals surface area contributed by atoms with E-state index in [-0.39, 0.29) is 5.56 Å². The molecule has 2 nitrogen and oxygen atoms in total. The molecule has 0 amide bonds. The molecule has 0 saturated heterocycles. The molecule has 0 unspecified atom stereocenters. The third kappa shape index (κ3) is 7.17. The first kappa shape index (κ1) is 18.3. The van der Waals surface area contributed by atoms with Gasteiger partial charge in [0, 0.05) is 15.8 Å². The summed E-state index contributed by atoms with van der Waals surface area (Å²) in [5.74, 6) is -1.56. The lowest BCUT2D eigenvalue weighted by Gasteiger charge is -2.09. The zero-order valence-corrected chi connectivity index (χ0v) is 13.6. The van der Waals surface area contributed by atoms with E-state index in [0.29, 0.717) is 28.8 Å². The van der Waals surface area contributed by atoms with Gasteiger partial charge in [0.2, 0.25) is 0 Å². The Balaban J connectivity index is 2.76. The van der Waals surface area contributed by atoms with Crippen molar-refractivity contribution >= 4 is 33.9 Å². The summed E-state index contributed by atoms with van der Waals surface area (Å²) in [6, 6.07) is 2.54. The molecule has 1 aromatic carbocycles. The zero-order chi connectivity index (χ0) is 15.9. The van der Waals surface area contributed by atoms with Crippen LogP contribution in [0.5, 0.6) is 0 Å². The Kier molecular flexibility index (Phi) is 7.51. The quantitative estimate of drug-likeness (QED) is 0.165. The van der Waals surface area contributed by atoms with Crippen LogP contribution in [0.3, 0.4) is 0 Å². The van der Waals surface area contributed by atoms with Crippen LogP contribution in [0.1, 0.15) is 17.5 Å². The van der Waals surface area contributed by atoms with Gasteiger partial charge in [0.05, 0.1) is 12.0 Å². The molecule has 0 bridgehead atoms. The predicted molar refractivity (Wildman–Crippen MR) is 79.9 cm³/mol. The topological polar surface area (TPSA) is 21.6 Å². The van der Waals surface area contributed by atoms with Crippen LogP contribution in [0.4, 0.5) is 17.6 Å². The van der Waals surface area contributed by atoms with Gasteiger partial charge in [-0.1, -0.05) is 21.1 Å². The number of thioether (sulfide) groups is 1. The van der Waals surface area contributed by atoms with Crippen molar-refractivity contribution in [1.29, 1.82) is 0 Å². The molecular formula is C13H14BrF4NOS. The smallest absolute Gasteiger partial charge is 0.396 e. The first-order chi connectivity index (χ1) is 9.83. The number of hydrogen-bond donors (Lipinski definition) is 0. The predicted octanol–water partition coefficient (Wildman–Crippen LogP) is 4.92. The zero-order valence-electron chi connectivity index (χ0n) is 11.2. The molecule has 0 fully saturated rings. The Morgan fingerprint density at radius 2 is 2.10 bits per heavy atom. The van der Waals surface area contributed by atoms with E-state index in [0.717, 1.165) is 11.8 Å². The van der Waals surface area contributed by atoms with Gasteiger partial charge in [-0.3, -0.25) is 0 Å². The van der Waals surface area contributed by atoms with E-state index in [2.05, 4.69) is 21.1 Å². The number of rotatable bonds is 7. The number of oxime groups is 1. The standard InChI is InChI=1S/C13H14BrF4NOS/c1-9-5-11(15)10(7-19-20-4-2-3-14)6-12(9)21-8-13(16,17)18/h5-7H,2-4,8H2,1H3/b19-7+. The maximum atomic E-state index is 13.7. The van der Waals surface area contributed by atoms with E-state index in [4.69, 9.17) is 4.84 Å². The van der Waals surface area contributed by atoms with Crippen molar-refractivity contribution in [2.24, 2.45) is 5.16 Å². The third-order valence-electron chi connectivity index (χ3n) is 2.32. The molecule has 0 saturated carbocycles. The van der Waals surface area contributed by atoms with E-state index in [1.807, 2.05) is 0 Å². The summed E-state index contributed by atoms with van der Waals surface area (Å²) in [5, 5.41) is 4.37. The van der Waals surface area contributed by atoms with E-state index in [9.17, 15) is 17.6 Å². The fraction of sp³-hybridized carbons (Fsp3) is 0.462. The molecule has 0 radical (unpaired) electrons. The van der Waals surface area contributed by atoms with Gasteiger partial charge < -0.3 is 4.84 Å². The molecule has 0 aromatic heterocycles. The number of alkyl halides is 4. The highest BCUT2D eigenvalue weighted by Crippen LogP contribution is 2.30. The minimum Gasteiger partial charge on any atom is -0.396 e. The summed E-state index contributed by atoms with van der Waals surface area (Å²) in [7, 11) is 0. The summed E-state index contributed by atoms with van der Waals surface area (Å²) < 4.78 is 50.4. The average Bonchev–Trinajstić information content (AvgIpc) is 2.38. The summed E-state index contributed by atoms with van der Waals surface area (Å²) in [6.45, 7) is 1.94. The highest BCUT2D eigenvalue weighted by molar-refractivity contribution is 9.09. The molecular weight excluding hydrogens is 374 g/mol. The Labute approximate surface area is 133 Å². The first-order valence-electron chi connectivity index (χ1n) is 6.04. The van der Waals surface area contributed by atoms with Gasteiger partial charge in [-0.2, -0.15) is 13.2 Å². The summed E-state index contributed by atoms with van der Waals surface area (Å²) >= 11 is 3.85. The van der Waals surface area contributed by atoms with Crippen molar-refractivity contribution in [3.8, 4) is 0 Å². The van der Waals surface area contributed by atoms with Crippen LogP contribution in [0.2, 0.25) is 0 Å². The summed E-state index contributed by atoms with van der Waals surface area (Å²) in [6.07, 6.45) is -2.35. The lowest BCUT2D eigenvalue weighted by molar-refractivity contribution is -0.105. The van der Waals surface area contributed by atoms with Gasteiger partial charge in [-0.25, -0.2) is 4.39 Å². The molecule has 0 atom stereocenters. The highest BCUT2D eigenvalue weighted by Gasteiger charge is 2.27. The van der Waals surface area contributed by atoms with Gasteiger partial charge in [0.1, 0.15) is 12.4 Å². The second-order valence-electron chi connectivity index (χ2n) is 4.15. The molecule has 8 heteroatoms. The van der Waals surface area contributed by atoms with Crippen LogP contribution in [0.15, 0.2) is 22.2 Å². The summed E-state index contributed by atoms with van der Waals surface area (Å²) in [5.41, 5.74) is 0.559. The first-order valence-corrected chi connectivity index (χ1v) is 8.15. The third-order valence-corrected chi connectivity index (χ3v) is 4.10. The number of halogens is 5. The van der Waals surface area contributed by atoms with Gasteiger partial charge in [-0.05, 0) is 31.0 Å². The Morgan fingerprint density at radius 3 is 2.71 bits per heavy atom. The minimum absolute atomic E-state index is 0.101. The fourth-order valence-electron chi connectivity index (χ4n) is 1.35. The molecule has 1 aromatic rings. The van der Waals surface area contributed by atoms with Crippen molar-refractivity contribution in [1.82, 2.24) is 0 Å². The molecule has 0 aliphatic heterocycles. The average molecular weight is 388 g/mol. The molecule has 21 heavy (non-hydrogen) atoms. The van der Waals surface area contributed by atoms with E-state index in [1.54, 1.807) is 6.92 Å². The minimum atomic E-state index is -4.27. The maximum absolute atomic E-state index is 13.7. The molecule has 0 aliphatic rings. The Hall–Kier alpha value is -0.760. The SMILES string of the molecule is Cc1cc(F)c(/C=N/OCCCBr)cc1SCC(F)(F)F. The molecule has 1 rings (SSSR count). The van der Waals surface area contributed by atoms with Crippen LogP contribution >= 0.6 is 27.7 Å². The van der Waals surface area contributed by atoms with E-state index >= 15 is 0 Å². The molecule has 0 N–H and O–H groups in total. The van der Waals surface area contributed by atoms with Crippen molar-refractivity contribution < 1.29 is 22.4 Å². The number of aryl methyl sites for hydroxylation is 1. The lowest BCUT2D eigenvalue weighted by Crippen LogP contribution is -2.10. The normalized spacial score (nSPS) is 12.1. The van der Waals surface area contributed by atoms with Crippen molar-refractivity contribution in [2.75, 3.05) is 17.7 Å². The van der Waals surface area contributed by atoms with Crippen LogP contribution in [0, 0.1) is 12.7 Å². The summed E-state index contributed by atoms with van der Waals surface area (Å²) in [4.78, 5) is 5.27. The van der Waals surface area contributed by atoms with E-state index in [1.165, 1.54) is 18.3 Å². The lowest BCUT2D eigenvalue weighted by atomic mass is 10.1. The van der Waals surface area contributed by atoms with Crippen LogP contribution in [-0.2, 0) is 4.84 Å². The van der Waals surface area contributed by atoms with Gasteiger partial charge >= 0.3 is 6.18 Å². The van der Waals surface area contributed by atoms with Crippen LogP contribution < -0.4 is 0 Å². The van der Waals surface area contributed by atoms with Crippen LogP contribution in [0.25, 0.3) is 0 Å². The van der Waals surface area contributed by atoms with Crippen LogP contribution in [-0.4, -0.2) is 30.1 Å². The van der Waals surface area contributed by atoms with Crippen molar-refractivity contribution in [3.63, 3.8) is 0 Å². The van der Waals surface area contributed by atoms with Gasteiger partial charge in [0.25, 0.3) is 0 Å². The molecule has 0 spiro atoms. The fourth-order valence-corrected chi connectivity index (χ4v) is 2.39. The van der Waals surface area contributed by atoms with Gasteiger partial charge in [0.15, 0.2) is 0 Å². The Morgan fingerprint density at radius 1 is 1.38 bits per heavy atom. The number of nitrogens with zero attached hydrogens (tertiary/aromatic N) is 1. The maximum Gasteiger partial charge on any atom is 0.398 e. The van der Waals surface area contributed by atoms with Gasteiger partial charge in [-0.15, -0.1) is 11.8 Å². The van der Waals surface area contributed by atoms with Crippen molar-refractivity contribution in [3.05, 3.63) is 29.1 Å². The van der Waals surface area contributed by atoms with Crippen molar-refractivity contribution in [2.45, 2.75) is 24.4 Å².